The molecule has 0 spiro atoms. The van der Waals surface area contributed by atoms with Gasteiger partial charge in [-0.1, -0.05) is 24.6 Å². The molecular weight excluding hydrogens is 342 g/mol. The first kappa shape index (κ1) is 15.1. The molecular formula is C14H15BrClN3O. The van der Waals surface area contributed by atoms with Crippen LogP contribution >= 0.6 is 27.5 Å². The van der Waals surface area contributed by atoms with Crippen molar-refractivity contribution in [3.8, 4) is 5.75 Å². The Kier molecular flexibility index (Phi) is 5.20. The van der Waals surface area contributed by atoms with Gasteiger partial charge in [0.1, 0.15) is 23.0 Å². The lowest BCUT2D eigenvalue weighted by Gasteiger charge is -2.14. The zero-order valence-corrected chi connectivity index (χ0v) is 13.6. The summed E-state index contributed by atoms with van der Waals surface area (Å²) in [4.78, 5) is 8.04. The molecule has 0 fully saturated rings. The Morgan fingerprint density at radius 1 is 1.40 bits per heavy atom. The predicted molar refractivity (Wildman–Crippen MR) is 84.8 cm³/mol. The highest BCUT2D eigenvalue weighted by Crippen LogP contribution is 2.29. The summed E-state index contributed by atoms with van der Waals surface area (Å²) in [7, 11) is 0. The molecule has 0 aliphatic heterocycles. The molecule has 1 heterocycles. The van der Waals surface area contributed by atoms with Crippen LogP contribution in [0.15, 0.2) is 35.1 Å². The molecule has 2 rings (SSSR count). The number of hydrogen-bond donors (Lipinski definition) is 1. The summed E-state index contributed by atoms with van der Waals surface area (Å²) < 4.78 is 6.42. The maximum Gasteiger partial charge on any atom is 0.149 e. The van der Waals surface area contributed by atoms with E-state index in [1.165, 1.54) is 6.33 Å². The van der Waals surface area contributed by atoms with Gasteiger partial charge in [0, 0.05) is 11.8 Å². The third kappa shape index (κ3) is 3.84. The second-order valence-electron chi connectivity index (χ2n) is 4.32. The summed E-state index contributed by atoms with van der Waals surface area (Å²) >= 11 is 9.29. The van der Waals surface area contributed by atoms with Crippen molar-refractivity contribution in [3.05, 3.63) is 40.2 Å². The van der Waals surface area contributed by atoms with Crippen LogP contribution in [-0.2, 0) is 0 Å². The van der Waals surface area contributed by atoms with Crippen LogP contribution in [0.4, 0.5) is 11.5 Å². The number of benzene rings is 1. The Morgan fingerprint density at radius 2 is 2.20 bits per heavy atom. The zero-order valence-electron chi connectivity index (χ0n) is 11.2. The predicted octanol–water partition coefficient (Wildman–Crippen LogP) is 4.81. The van der Waals surface area contributed by atoms with Crippen molar-refractivity contribution < 1.29 is 4.74 Å². The second-order valence-corrected chi connectivity index (χ2v) is 5.47. The van der Waals surface area contributed by atoms with E-state index in [4.69, 9.17) is 16.3 Å². The third-order valence-corrected chi connectivity index (χ3v) is 4.02. The van der Waals surface area contributed by atoms with E-state index in [2.05, 4.69) is 38.1 Å². The van der Waals surface area contributed by atoms with Crippen LogP contribution < -0.4 is 10.1 Å². The van der Waals surface area contributed by atoms with Crippen LogP contribution in [0.2, 0.25) is 5.15 Å². The van der Waals surface area contributed by atoms with Gasteiger partial charge in [0.15, 0.2) is 0 Å². The fraction of sp³-hybridized carbons (Fsp3) is 0.286. The van der Waals surface area contributed by atoms with Gasteiger partial charge in [-0.2, -0.15) is 0 Å². The van der Waals surface area contributed by atoms with Crippen molar-refractivity contribution in [1.29, 1.82) is 0 Å². The van der Waals surface area contributed by atoms with E-state index in [0.29, 0.717) is 15.4 Å². The molecule has 1 aromatic carbocycles. The van der Waals surface area contributed by atoms with Crippen LogP contribution in [0.3, 0.4) is 0 Å². The zero-order chi connectivity index (χ0) is 14.5. The number of nitrogens with one attached hydrogen (secondary N) is 1. The van der Waals surface area contributed by atoms with Crippen LogP contribution in [0.25, 0.3) is 0 Å². The minimum atomic E-state index is 0.186. The van der Waals surface area contributed by atoms with Crippen LogP contribution in [0.1, 0.15) is 20.3 Å². The van der Waals surface area contributed by atoms with Crippen molar-refractivity contribution in [1.82, 2.24) is 9.97 Å². The second kappa shape index (κ2) is 6.90. The van der Waals surface area contributed by atoms with Crippen molar-refractivity contribution >= 4 is 39.0 Å². The molecule has 0 saturated heterocycles. The molecule has 0 saturated carbocycles. The largest absolute Gasteiger partial charge is 0.491 e. The van der Waals surface area contributed by atoms with E-state index in [1.54, 1.807) is 0 Å². The molecule has 1 unspecified atom stereocenters. The molecule has 0 bridgehead atoms. The first-order valence-corrected chi connectivity index (χ1v) is 7.47. The highest BCUT2D eigenvalue weighted by molar-refractivity contribution is 9.10. The minimum absolute atomic E-state index is 0.186. The Labute approximate surface area is 131 Å². The SMILES string of the molecule is CCC(C)Oc1cccc(Nc2ncnc(Cl)c2Br)c1. The Morgan fingerprint density at radius 3 is 2.95 bits per heavy atom. The van der Waals surface area contributed by atoms with E-state index in [9.17, 15) is 0 Å². The lowest BCUT2D eigenvalue weighted by atomic mass is 10.2. The van der Waals surface area contributed by atoms with Gasteiger partial charge in [0.05, 0.1) is 10.6 Å². The van der Waals surface area contributed by atoms with Crippen molar-refractivity contribution in [2.75, 3.05) is 5.32 Å². The number of hydrogen-bond acceptors (Lipinski definition) is 4. The van der Waals surface area contributed by atoms with E-state index in [0.717, 1.165) is 17.9 Å². The van der Waals surface area contributed by atoms with Crippen molar-refractivity contribution in [2.24, 2.45) is 0 Å². The maximum atomic E-state index is 5.94. The van der Waals surface area contributed by atoms with Crippen LogP contribution in [-0.4, -0.2) is 16.1 Å². The lowest BCUT2D eigenvalue weighted by molar-refractivity contribution is 0.217. The van der Waals surface area contributed by atoms with Crippen LogP contribution in [0, 0.1) is 0 Å². The van der Waals surface area contributed by atoms with E-state index < -0.39 is 0 Å². The van der Waals surface area contributed by atoms with Gasteiger partial charge in [0.25, 0.3) is 0 Å². The maximum absolute atomic E-state index is 5.94. The van der Waals surface area contributed by atoms with Gasteiger partial charge in [-0.05, 0) is 41.4 Å². The smallest absolute Gasteiger partial charge is 0.149 e. The molecule has 0 amide bonds. The van der Waals surface area contributed by atoms with Gasteiger partial charge in [-0.3, -0.25) is 0 Å². The molecule has 20 heavy (non-hydrogen) atoms. The number of ether oxygens (including phenoxy) is 1. The number of halogens is 2. The number of aromatic nitrogens is 2. The average Bonchev–Trinajstić information content (AvgIpc) is 2.44. The molecule has 2 aromatic rings. The molecule has 106 valence electrons. The highest BCUT2D eigenvalue weighted by atomic mass is 79.9. The minimum Gasteiger partial charge on any atom is -0.491 e. The normalized spacial score (nSPS) is 12.0. The summed E-state index contributed by atoms with van der Waals surface area (Å²) in [6.45, 7) is 4.13. The van der Waals surface area contributed by atoms with Gasteiger partial charge >= 0.3 is 0 Å². The van der Waals surface area contributed by atoms with Gasteiger partial charge in [-0.15, -0.1) is 0 Å². The van der Waals surface area contributed by atoms with Gasteiger partial charge in [0.2, 0.25) is 0 Å². The monoisotopic (exact) mass is 355 g/mol. The first-order valence-electron chi connectivity index (χ1n) is 6.30. The summed E-state index contributed by atoms with van der Waals surface area (Å²) in [5, 5.41) is 3.55. The Hall–Kier alpha value is -1.33. The summed E-state index contributed by atoms with van der Waals surface area (Å²) in [6, 6.07) is 7.72. The molecule has 4 nitrogen and oxygen atoms in total. The quantitative estimate of drug-likeness (QED) is 0.781. The van der Waals surface area contributed by atoms with E-state index in [-0.39, 0.29) is 6.10 Å². The average molecular weight is 357 g/mol. The number of rotatable bonds is 5. The molecule has 0 aliphatic carbocycles. The number of nitrogens with zero attached hydrogens (tertiary/aromatic N) is 2. The first-order chi connectivity index (χ1) is 9.60. The van der Waals surface area contributed by atoms with E-state index >= 15 is 0 Å². The molecule has 0 aliphatic rings. The molecule has 1 aromatic heterocycles. The number of anilines is 2. The van der Waals surface area contributed by atoms with E-state index in [1.807, 2.05) is 31.2 Å². The summed E-state index contributed by atoms with van der Waals surface area (Å²) in [5.74, 6) is 1.44. The standard InChI is InChI=1S/C14H15BrClN3O/c1-3-9(2)20-11-6-4-5-10(7-11)19-14-12(15)13(16)17-8-18-14/h4-9H,3H2,1-2H3,(H,17,18,19). The Bertz CT molecular complexity index is 594. The van der Waals surface area contributed by atoms with Crippen molar-refractivity contribution in [2.45, 2.75) is 26.4 Å². The van der Waals surface area contributed by atoms with Gasteiger partial charge < -0.3 is 10.1 Å². The summed E-state index contributed by atoms with van der Waals surface area (Å²) in [6.07, 6.45) is 2.56. The highest BCUT2D eigenvalue weighted by Gasteiger charge is 2.08. The van der Waals surface area contributed by atoms with Gasteiger partial charge in [-0.25, -0.2) is 9.97 Å². The lowest BCUT2D eigenvalue weighted by Crippen LogP contribution is -2.09. The Balaban J connectivity index is 2.17. The molecule has 1 atom stereocenters. The topological polar surface area (TPSA) is 47.0 Å². The fourth-order valence-electron chi connectivity index (χ4n) is 1.54. The van der Waals surface area contributed by atoms with Crippen LogP contribution in [0.5, 0.6) is 5.75 Å². The molecule has 6 heteroatoms. The fourth-order valence-corrected chi connectivity index (χ4v) is 1.97. The molecule has 1 N–H and O–H groups in total. The molecule has 0 radical (unpaired) electrons. The van der Waals surface area contributed by atoms with Crippen molar-refractivity contribution in [3.63, 3.8) is 0 Å². The summed E-state index contributed by atoms with van der Waals surface area (Å²) in [5.41, 5.74) is 0.876. The third-order valence-electron chi connectivity index (χ3n) is 2.76.